The Kier molecular flexibility index (Phi) is 3.47. The minimum atomic E-state index is -0.780. The number of carboxylic acids is 1. The molecule has 0 radical (unpaired) electrons. The average molecular weight is 237 g/mol. The number of carbonyl (C=O) groups is 1. The van der Waals surface area contributed by atoms with Crippen LogP contribution in [-0.2, 0) is 17.8 Å². The first-order valence-electron chi connectivity index (χ1n) is 6.11. The Hall–Kier alpha value is -1.36. The summed E-state index contributed by atoms with van der Waals surface area (Å²) in [5, 5.41) is 13.2. The molecule has 1 aromatic rings. The molecule has 3 N–H and O–H groups in total. The molecular formula is C12H19N3O2. The molecule has 0 bridgehead atoms. The summed E-state index contributed by atoms with van der Waals surface area (Å²) in [5.41, 5.74) is 9.27. The van der Waals surface area contributed by atoms with E-state index in [9.17, 15) is 4.79 Å². The number of carboxylic acid groups (broad SMARTS) is 1. The monoisotopic (exact) mass is 237 g/mol. The van der Waals surface area contributed by atoms with Gasteiger partial charge in [-0.2, -0.15) is 5.10 Å². The van der Waals surface area contributed by atoms with Gasteiger partial charge in [-0.1, -0.05) is 0 Å². The highest BCUT2D eigenvalue weighted by Gasteiger charge is 2.25. The van der Waals surface area contributed by atoms with Crippen molar-refractivity contribution in [2.24, 2.45) is 5.73 Å². The van der Waals surface area contributed by atoms with Crippen LogP contribution in [0.4, 0.5) is 0 Å². The van der Waals surface area contributed by atoms with Crippen molar-refractivity contribution >= 4 is 5.97 Å². The molecule has 1 atom stereocenters. The van der Waals surface area contributed by atoms with Crippen molar-refractivity contribution in [3.63, 3.8) is 0 Å². The van der Waals surface area contributed by atoms with E-state index in [4.69, 9.17) is 10.8 Å². The lowest BCUT2D eigenvalue weighted by atomic mass is 9.85. The van der Waals surface area contributed by atoms with Crippen molar-refractivity contribution in [2.75, 3.05) is 6.54 Å². The molecule has 1 heterocycles. The van der Waals surface area contributed by atoms with Crippen LogP contribution in [0.5, 0.6) is 0 Å². The van der Waals surface area contributed by atoms with Crippen molar-refractivity contribution in [1.29, 1.82) is 0 Å². The zero-order valence-electron chi connectivity index (χ0n) is 10.1. The first-order chi connectivity index (χ1) is 8.13. The van der Waals surface area contributed by atoms with Crippen LogP contribution >= 0.6 is 0 Å². The Morgan fingerprint density at radius 2 is 2.41 bits per heavy atom. The molecule has 0 saturated carbocycles. The Labute approximate surface area is 101 Å². The zero-order valence-corrected chi connectivity index (χ0v) is 10.1. The molecule has 1 aromatic heterocycles. The predicted octanol–water partition coefficient (Wildman–Crippen LogP) is 1.04. The molecule has 1 aliphatic rings. The maximum absolute atomic E-state index is 10.6. The van der Waals surface area contributed by atoms with Crippen molar-refractivity contribution in [2.45, 2.75) is 45.1 Å². The first kappa shape index (κ1) is 12.1. The smallest absolute Gasteiger partial charge is 0.305 e. The van der Waals surface area contributed by atoms with E-state index in [1.807, 2.05) is 11.6 Å². The third-order valence-electron chi connectivity index (χ3n) is 3.48. The standard InChI is InChI=1S/C12H19N3O2/c1-8-12-9(7-13)3-2-4-10(12)15(14-8)6-5-11(16)17/h9H,2-7,13H2,1H3,(H,16,17). The summed E-state index contributed by atoms with van der Waals surface area (Å²) in [4.78, 5) is 10.6. The van der Waals surface area contributed by atoms with Gasteiger partial charge in [0.15, 0.2) is 0 Å². The second kappa shape index (κ2) is 4.87. The zero-order chi connectivity index (χ0) is 12.4. The molecule has 0 aromatic carbocycles. The maximum Gasteiger partial charge on any atom is 0.305 e. The maximum atomic E-state index is 10.6. The fourth-order valence-electron chi connectivity index (χ4n) is 2.72. The molecule has 0 aliphatic heterocycles. The van der Waals surface area contributed by atoms with Crippen LogP contribution in [0.2, 0.25) is 0 Å². The lowest BCUT2D eigenvalue weighted by molar-refractivity contribution is -0.137. The molecule has 0 fully saturated rings. The summed E-state index contributed by atoms with van der Waals surface area (Å²) in [6.07, 6.45) is 3.36. The Bertz CT molecular complexity index is 426. The van der Waals surface area contributed by atoms with Gasteiger partial charge in [-0.3, -0.25) is 9.48 Å². The Morgan fingerprint density at radius 1 is 1.65 bits per heavy atom. The number of nitrogens with two attached hydrogens (primary N) is 1. The summed E-state index contributed by atoms with van der Waals surface area (Å²) in [6, 6.07) is 0. The molecule has 0 saturated heterocycles. The third kappa shape index (κ3) is 2.34. The minimum Gasteiger partial charge on any atom is -0.481 e. The number of hydrogen-bond acceptors (Lipinski definition) is 3. The molecule has 0 spiro atoms. The predicted molar refractivity (Wildman–Crippen MR) is 64.0 cm³/mol. The highest BCUT2D eigenvalue weighted by molar-refractivity contribution is 5.66. The van der Waals surface area contributed by atoms with Crippen LogP contribution < -0.4 is 5.73 Å². The van der Waals surface area contributed by atoms with Gasteiger partial charge in [0.25, 0.3) is 0 Å². The molecule has 1 unspecified atom stereocenters. The number of rotatable bonds is 4. The van der Waals surface area contributed by atoms with Gasteiger partial charge >= 0.3 is 5.97 Å². The highest BCUT2D eigenvalue weighted by atomic mass is 16.4. The van der Waals surface area contributed by atoms with Gasteiger partial charge in [0, 0.05) is 11.3 Å². The van der Waals surface area contributed by atoms with E-state index < -0.39 is 5.97 Å². The number of aryl methyl sites for hydroxylation is 2. The summed E-state index contributed by atoms with van der Waals surface area (Å²) < 4.78 is 1.86. The second-order valence-corrected chi connectivity index (χ2v) is 4.64. The molecule has 94 valence electrons. The van der Waals surface area contributed by atoms with Crippen molar-refractivity contribution in [3.8, 4) is 0 Å². The molecule has 1 aliphatic carbocycles. The van der Waals surface area contributed by atoms with E-state index in [1.165, 1.54) is 11.3 Å². The minimum absolute atomic E-state index is 0.126. The van der Waals surface area contributed by atoms with Crippen molar-refractivity contribution < 1.29 is 9.90 Å². The first-order valence-corrected chi connectivity index (χ1v) is 6.11. The van der Waals surface area contributed by atoms with E-state index in [1.54, 1.807) is 0 Å². The van der Waals surface area contributed by atoms with Crippen molar-refractivity contribution in [3.05, 3.63) is 17.0 Å². The Morgan fingerprint density at radius 3 is 3.06 bits per heavy atom. The lowest BCUT2D eigenvalue weighted by Crippen LogP contribution is -2.20. The van der Waals surface area contributed by atoms with Gasteiger partial charge in [0.1, 0.15) is 0 Å². The summed E-state index contributed by atoms with van der Waals surface area (Å²) >= 11 is 0. The van der Waals surface area contributed by atoms with Crippen LogP contribution in [0, 0.1) is 6.92 Å². The molecular weight excluding hydrogens is 218 g/mol. The highest BCUT2D eigenvalue weighted by Crippen LogP contribution is 2.33. The van der Waals surface area contributed by atoms with E-state index in [2.05, 4.69) is 5.10 Å². The molecule has 5 heteroatoms. The van der Waals surface area contributed by atoms with Gasteiger partial charge in [-0.15, -0.1) is 0 Å². The van der Waals surface area contributed by atoms with Crippen LogP contribution in [0.1, 0.15) is 42.1 Å². The lowest BCUT2D eigenvalue weighted by Gasteiger charge is -2.22. The average Bonchev–Trinajstić information content (AvgIpc) is 2.64. The summed E-state index contributed by atoms with van der Waals surface area (Å²) in [5.74, 6) is -0.379. The molecule has 17 heavy (non-hydrogen) atoms. The quantitative estimate of drug-likeness (QED) is 0.820. The topological polar surface area (TPSA) is 81.1 Å². The molecule has 0 amide bonds. The van der Waals surface area contributed by atoms with E-state index >= 15 is 0 Å². The normalized spacial score (nSPS) is 19.1. The fourth-order valence-corrected chi connectivity index (χ4v) is 2.72. The van der Waals surface area contributed by atoms with Crippen LogP contribution in [0.25, 0.3) is 0 Å². The van der Waals surface area contributed by atoms with Crippen LogP contribution in [0.15, 0.2) is 0 Å². The number of aromatic nitrogens is 2. The van der Waals surface area contributed by atoms with Gasteiger partial charge in [-0.25, -0.2) is 0 Å². The van der Waals surface area contributed by atoms with E-state index in [-0.39, 0.29) is 6.42 Å². The number of hydrogen-bond donors (Lipinski definition) is 2. The van der Waals surface area contributed by atoms with E-state index in [0.717, 1.165) is 25.0 Å². The fraction of sp³-hybridized carbons (Fsp3) is 0.667. The summed E-state index contributed by atoms with van der Waals surface area (Å²) in [6.45, 7) is 3.10. The number of nitrogens with zero attached hydrogens (tertiary/aromatic N) is 2. The van der Waals surface area contributed by atoms with Gasteiger partial charge < -0.3 is 10.8 Å². The Balaban J connectivity index is 2.27. The van der Waals surface area contributed by atoms with Gasteiger partial charge in [0.05, 0.1) is 18.7 Å². The molecule has 5 nitrogen and oxygen atoms in total. The van der Waals surface area contributed by atoms with Crippen LogP contribution in [0.3, 0.4) is 0 Å². The van der Waals surface area contributed by atoms with E-state index in [0.29, 0.717) is 19.0 Å². The third-order valence-corrected chi connectivity index (χ3v) is 3.48. The van der Waals surface area contributed by atoms with Gasteiger partial charge in [0.2, 0.25) is 0 Å². The number of aliphatic carboxylic acids is 1. The molecule has 2 rings (SSSR count). The summed E-state index contributed by atoms with van der Waals surface area (Å²) in [7, 11) is 0. The number of fused-ring (bicyclic) bond motifs is 1. The largest absolute Gasteiger partial charge is 0.481 e. The van der Waals surface area contributed by atoms with Crippen molar-refractivity contribution in [1.82, 2.24) is 9.78 Å². The second-order valence-electron chi connectivity index (χ2n) is 4.64. The van der Waals surface area contributed by atoms with Crippen LogP contribution in [-0.4, -0.2) is 27.4 Å². The SMILES string of the molecule is Cc1nn(CCC(=O)O)c2c1C(CN)CCC2. The van der Waals surface area contributed by atoms with Gasteiger partial charge in [-0.05, 0) is 38.6 Å².